The second-order valence-electron chi connectivity index (χ2n) is 5.43. The molecule has 2 rings (SSSR count). The number of hydrogen-bond acceptors (Lipinski definition) is 5. The predicted octanol–water partition coefficient (Wildman–Crippen LogP) is 4.01. The third-order valence-corrected chi connectivity index (χ3v) is 3.57. The van der Waals surface area contributed by atoms with Crippen molar-refractivity contribution in [3.8, 4) is 11.5 Å². The SMILES string of the molecule is C/C=C\O/C=C\C=C\C(c1ccc(N)cc1O)c1ccc(N)cc1O. The summed E-state index contributed by atoms with van der Waals surface area (Å²) in [6.45, 7) is 1.85. The van der Waals surface area contributed by atoms with Crippen LogP contribution in [-0.2, 0) is 4.74 Å². The van der Waals surface area contributed by atoms with Crippen molar-refractivity contribution >= 4 is 11.4 Å². The van der Waals surface area contributed by atoms with Gasteiger partial charge in [0.2, 0.25) is 0 Å². The molecular weight excluding hydrogens is 316 g/mol. The molecule has 0 amide bonds. The molecule has 130 valence electrons. The van der Waals surface area contributed by atoms with E-state index in [-0.39, 0.29) is 17.4 Å². The number of hydrogen-bond donors (Lipinski definition) is 4. The Bertz CT molecular complexity index is 759. The second kappa shape index (κ2) is 8.49. The molecule has 0 bridgehead atoms. The first-order chi connectivity index (χ1) is 12.0. The quantitative estimate of drug-likeness (QED) is 0.362. The van der Waals surface area contributed by atoms with Crippen LogP contribution in [0, 0.1) is 0 Å². The van der Waals surface area contributed by atoms with E-state index >= 15 is 0 Å². The van der Waals surface area contributed by atoms with E-state index in [4.69, 9.17) is 16.2 Å². The fourth-order valence-corrected chi connectivity index (χ4v) is 2.41. The Morgan fingerprint density at radius 2 is 1.44 bits per heavy atom. The van der Waals surface area contributed by atoms with Crippen LogP contribution in [-0.4, -0.2) is 10.2 Å². The Morgan fingerprint density at radius 3 is 1.92 bits per heavy atom. The number of anilines is 2. The van der Waals surface area contributed by atoms with Crippen LogP contribution in [0.25, 0.3) is 0 Å². The number of aromatic hydroxyl groups is 2. The molecule has 0 aliphatic carbocycles. The molecule has 0 fully saturated rings. The van der Waals surface area contributed by atoms with E-state index in [9.17, 15) is 10.2 Å². The third-order valence-electron chi connectivity index (χ3n) is 3.57. The van der Waals surface area contributed by atoms with Gasteiger partial charge >= 0.3 is 0 Å². The van der Waals surface area contributed by atoms with Crippen molar-refractivity contribution in [2.45, 2.75) is 12.8 Å². The molecule has 0 saturated carbocycles. The molecule has 0 aliphatic heterocycles. The van der Waals surface area contributed by atoms with Crippen molar-refractivity contribution in [1.29, 1.82) is 0 Å². The van der Waals surface area contributed by atoms with Crippen LogP contribution in [0.5, 0.6) is 11.5 Å². The van der Waals surface area contributed by atoms with Gasteiger partial charge in [-0.05, 0) is 25.1 Å². The topological polar surface area (TPSA) is 102 Å². The van der Waals surface area contributed by atoms with E-state index < -0.39 is 0 Å². The maximum absolute atomic E-state index is 10.3. The average molecular weight is 338 g/mol. The first kappa shape index (κ1) is 18.0. The lowest BCUT2D eigenvalue weighted by Crippen LogP contribution is -2.00. The minimum absolute atomic E-state index is 0.0556. The summed E-state index contributed by atoms with van der Waals surface area (Å²) in [7, 11) is 0. The molecule has 0 aliphatic rings. The number of benzene rings is 2. The summed E-state index contributed by atoms with van der Waals surface area (Å²) in [5.74, 6) is -0.271. The highest BCUT2D eigenvalue weighted by Crippen LogP contribution is 2.38. The zero-order valence-corrected chi connectivity index (χ0v) is 14.0. The van der Waals surface area contributed by atoms with Gasteiger partial charge in [-0.25, -0.2) is 0 Å². The van der Waals surface area contributed by atoms with Gasteiger partial charge in [-0.15, -0.1) is 0 Å². The third kappa shape index (κ3) is 4.81. The highest BCUT2D eigenvalue weighted by atomic mass is 16.5. The molecule has 0 spiro atoms. The van der Waals surface area contributed by atoms with Gasteiger partial charge in [0.1, 0.15) is 11.5 Å². The molecular formula is C20H22N2O3. The lowest BCUT2D eigenvalue weighted by molar-refractivity contribution is 0.402. The van der Waals surface area contributed by atoms with Crippen LogP contribution >= 0.6 is 0 Å². The maximum Gasteiger partial charge on any atom is 0.121 e. The van der Waals surface area contributed by atoms with Crippen molar-refractivity contribution in [2.75, 3.05) is 11.5 Å². The molecule has 5 heteroatoms. The number of nitrogens with two attached hydrogens (primary N) is 2. The molecule has 0 radical (unpaired) electrons. The Kier molecular flexibility index (Phi) is 6.12. The van der Waals surface area contributed by atoms with Gasteiger partial charge in [-0.1, -0.05) is 30.4 Å². The summed E-state index contributed by atoms with van der Waals surface area (Å²) in [5.41, 5.74) is 13.6. The van der Waals surface area contributed by atoms with Crippen LogP contribution in [0.2, 0.25) is 0 Å². The van der Waals surface area contributed by atoms with E-state index in [1.54, 1.807) is 48.8 Å². The smallest absolute Gasteiger partial charge is 0.121 e. The van der Waals surface area contributed by atoms with E-state index in [1.165, 1.54) is 18.4 Å². The largest absolute Gasteiger partial charge is 0.508 e. The number of ether oxygens (including phenoxy) is 1. The van der Waals surface area contributed by atoms with Crippen LogP contribution in [0.3, 0.4) is 0 Å². The number of allylic oxidation sites excluding steroid dienone is 4. The normalized spacial score (nSPS) is 11.9. The molecule has 2 aromatic carbocycles. The first-order valence-electron chi connectivity index (χ1n) is 7.79. The van der Waals surface area contributed by atoms with Gasteiger partial charge in [-0.3, -0.25) is 0 Å². The summed E-state index contributed by atoms with van der Waals surface area (Å²) in [4.78, 5) is 0. The summed E-state index contributed by atoms with van der Waals surface area (Å²) >= 11 is 0. The van der Waals surface area contributed by atoms with Crippen molar-refractivity contribution in [3.05, 3.63) is 84.4 Å². The number of nitrogen functional groups attached to an aromatic ring is 2. The Balaban J connectivity index is 2.40. The Morgan fingerprint density at radius 1 is 0.880 bits per heavy atom. The number of phenols is 2. The molecule has 6 N–H and O–H groups in total. The fourth-order valence-electron chi connectivity index (χ4n) is 2.41. The van der Waals surface area contributed by atoms with Gasteiger partial charge in [0.25, 0.3) is 0 Å². The first-order valence-corrected chi connectivity index (χ1v) is 7.79. The molecule has 0 atom stereocenters. The van der Waals surface area contributed by atoms with E-state index in [2.05, 4.69) is 0 Å². The molecule has 25 heavy (non-hydrogen) atoms. The lowest BCUT2D eigenvalue weighted by atomic mass is 9.89. The molecule has 0 saturated heterocycles. The van der Waals surface area contributed by atoms with E-state index in [0.717, 1.165) is 0 Å². The molecule has 5 nitrogen and oxygen atoms in total. The summed E-state index contributed by atoms with van der Waals surface area (Å²) < 4.78 is 5.11. The van der Waals surface area contributed by atoms with E-state index in [0.29, 0.717) is 22.5 Å². The van der Waals surface area contributed by atoms with Gasteiger partial charge in [0.15, 0.2) is 0 Å². The zero-order valence-electron chi connectivity index (χ0n) is 14.0. The summed E-state index contributed by atoms with van der Waals surface area (Å²) in [6, 6.07) is 9.83. The van der Waals surface area contributed by atoms with Crippen LogP contribution in [0.15, 0.2) is 73.2 Å². The van der Waals surface area contributed by atoms with Crippen LogP contribution < -0.4 is 11.5 Å². The fraction of sp³-hybridized carbons (Fsp3) is 0.100. The minimum atomic E-state index is -0.382. The van der Waals surface area contributed by atoms with Crippen LogP contribution in [0.4, 0.5) is 11.4 Å². The second-order valence-corrected chi connectivity index (χ2v) is 5.43. The molecule has 0 heterocycles. The molecule has 0 aromatic heterocycles. The summed E-state index contributed by atoms with van der Waals surface area (Å²) in [5, 5.41) is 20.5. The van der Waals surface area contributed by atoms with Gasteiger partial charge in [0.05, 0.1) is 12.5 Å². The average Bonchev–Trinajstić information content (AvgIpc) is 2.56. The highest BCUT2D eigenvalue weighted by Gasteiger charge is 2.18. The predicted molar refractivity (Wildman–Crippen MR) is 101 cm³/mol. The number of phenolic OH excluding ortho intramolecular Hbond substituents is 2. The lowest BCUT2D eigenvalue weighted by Gasteiger charge is -2.17. The van der Waals surface area contributed by atoms with Crippen molar-refractivity contribution in [1.82, 2.24) is 0 Å². The monoisotopic (exact) mass is 338 g/mol. The van der Waals surface area contributed by atoms with Crippen molar-refractivity contribution in [2.24, 2.45) is 0 Å². The van der Waals surface area contributed by atoms with Crippen molar-refractivity contribution in [3.63, 3.8) is 0 Å². The molecule has 0 unspecified atom stereocenters. The van der Waals surface area contributed by atoms with E-state index in [1.807, 2.05) is 13.0 Å². The van der Waals surface area contributed by atoms with Crippen LogP contribution in [0.1, 0.15) is 24.0 Å². The molecule has 2 aromatic rings. The van der Waals surface area contributed by atoms with Crippen molar-refractivity contribution < 1.29 is 14.9 Å². The Labute approximate surface area is 147 Å². The van der Waals surface area contributed by atoms with Gasteiger partial charge < -0.3 is 26.4 Å². The maximum atomic E-state index is 10.3. The van der Waals surface area contributed by atoms with Gasteiger partial charge in [0, 0.05) is 40.6 Å². The highest BCUT2D eigenvalue weighted by molar-refractivity contribution is 5.57. The zero-order chi connectivity index (χ0) is 18.2. The number of rotatable bonds is 6. The van der Waals surface area contributed by atoms with Gasteiger partial charge in [-0.2, -0.15) is 0 Å². The standard InChI is InChI=1S/C20H22N2O3/c1-2-10-25-11-4-3-5-16(17-8-6-14(21)12-19(17)23)18-9-7-15(22)13-20(18)24/h2-13,16,23-24H,21-22H2,1H3/b5-3+,10-2-,11-4-. The summed E-state index contributed by atoms with van der Waals surface area (Å²) in [6.07, 6.45) is 10.2. The Hall–Kier alpha value is -3.34. The minimum Gasteiger partial charge on any atom is -0.508 e.